The molecule has 22 heavy (non-hydrogen) atoms. The fourth-order valence-corrected chi connectivity index (χ4v) is 2.94. The second-order valence-electron chi connectivity index (χ2n) is 6.78. The predicted molar refractivity (Wildman–Crippen MR) is 97.1 cm³/mol. The zero-order valence-electron chi connectivity index (χ0n) is 14.4. The Balaban J connectivity index is 2.14. The van der Waals surface area contributed by atoms with Gasteiger partial charge in [-0.1, -0.05) is 56.3 Å². The fourth-order valence-electron chi connectivity index (χ4n) is 2.94. The van der Waals surface area contributed by atoms with Crippen LogP contribution in [0.4, 0.5) is 0 Å². The minimum absolute atomic E-state index is 0.678. The Morgan fingerprint density at radius 3 is 2.05 bits per heavy atom. The lowest BCUT2D eigenvalue weighted by molar-refractivity contribution is 0.362. The van der Waals surface area contributed by atoms with Crippen LogP contribution in [-0.2, 0) is 6.42 Å². The van der Waals surface area contributed by atoms with Crippen LogP contribution in [0.2, 0.25) is 0 Å². The summed E-state index contributed by atoms with van der Waals surface area (Å²) in [5.41, 5.74) is 12.5. The molecule has 2 aromatic carbocycles. The highest BCUT2D eigenvalue weighted by Crippen LogP contribution is 2.25. The largest absolute Gasteiger partial charge is 0.330 e. The first-order chi connectivity index (χ1) is 10.5. The molecule has 1 unspecified atom stereocenters. The van der Waals surface area contributed by atoms with Gasteiger partial charge >= 0.3 is 0 Å². The van der Waals surface area contributed by atoms with Gasteiger partial charge in [0.2, 0.25) is 0 Å². The Bertz CT molecular complexity index is 596. The van der Waals surface area contributed by atoms with Crippen molar-refractivity contribution in [1.29, 1.82) is 0 Å². The van der Waals surface area contributed by atoms with Gasteiger partial charge in [-0.05, 0) is 72.9 Å². The number of hydrogen-bond donors (Lipinski definition) is 1. The van der Waals surface area contributed by atoms with Gasteiger partial charge in [0.15, 0.2) is 0 Å². The molecule has 0 saturated carbocycles. The standard InChI is InChI=1S/C21H29N/c1-15(2)20(11-12-22)14-18-6-9-19(10-7-18)21-8-5-16(3)17(4)13-21/h5-10,13,15,20H,11-12,14,22H2,1-4H3. The van der Waals surface area contributed by atoms with Gasteiger partial charge in [0.25, 0.3) is 0 Å². The van der Waals surface area contributed by atoms with Gasteiger partial charge in [0.1, 0.15) is 0 Å². The first-order valence-electron chi connectivity index (χ1n) is 8.38. The minimum atomic E-state index is 0.678. The van der Waals surface area contributed by atoms with E-state index in [1.807, 2.05) is 0 Å². The lowest BCUT2D eigenvalue weighted by Gasteiger charge is -2.20. The average molecular weight is 295 g/mol. The SMILES string of the molecule is Cc1ccc(-c2ccc(CC(CCN)C(C)C)cc2)cc1C. The number of rotatable bonds is 6. The van der Waals surface area contributed by atoms with Crippen LogP contribution in [0.15, 0.2) is 42.5 Å². The highest BCUT2D eigenvalue weighted by molar-refractivity contribution is 5.65. The van der Waals surface area contributed by atoms with Crippen LogP contribution < -0.4 is 5.73 Å². The Morgan fingerprint density at radius 2 is 1.50 bits per heavy atom. The zero-order valence-corrected chi connectivity index (χ0v) is 14.4. The third-order valence-corrected chi connectivity index (χ3v) is 4.77. The van der Waals surface area contributed by atoms with Gasteiger partial charge in [-0.2, -0.15) is 0 Å². The average Bonchev–Trinajstić information content (AvgIpc) is 2.50. The second kappa shape index (κ2) is 7.60. The number of hydrogen-bond acceptors (Lipinski definition) is 1. The molecule has 0 spiro atoms. The van der Waals surface area contributed by atoms with Gasteiger partial charge in [-0.15, -0.1) is 0 Å². The maximum Gasteiger partial charge on any atom is -0.00744 e. The molecule has 1 nitrogen and oxygen atoms in total. The molecule has 0 aromatic heterocycles. The van der Waals surface area contributed by atoms with Crippen LogP contribution in [0, 0.1) is 25.7 Å². The van der Waals surface area contributed by atoms with Crippen molar-refractivity contribution in [3.8, 4) is 11.1 Å². The first kappa shape index (κ1) is 16.8. The van der Waals surface area contributed by atoms with Crippen LogP contribution >= 0.6 is 0 Å². The molecule has 2 aromatic rings. The van der Waals surface area contributed by atoms with Crippen molar-refractivity contribution in [2.45, 2.75) is 40.5 Å². The topological polar surface area (TPSA) is 26.0 Å². The van der Waals surface area contributed by atoms with E-state index in [4.69, 9.17) is 5.73 Å². The van der Waals surface area contributed by atoms with Crippen LogP contribution in [-0.4, -0.2) is 6.54 Å². The lowest BCUT2D eigenvalue weighted by atomic mass is 9.86. The van der Waals surface area contributed by atoms with Gasteiger partial charge in [0.05, 0.1) is 0 Å². The van der Waals surface area contributed by atoms with E-state index in [1.165, 1.54) is 27.8 Å². The molecule has 118 valence electrons. The Kier molecular flexibility index (Phi) is 5.79. The van der Waals surface area contributed by atoms with E-state index in [1.54, 1.807) is 0 Å². The van der Waals surface area contributed by atoms with E-state index in [0.717, 1.165) is 19.4 Å². The summed E-state index contributed by atoms with van der Waals surface area (Å²) in [5.74, 6) is 1.36. The summed E-state index contributed by atoms with van der Waals surface area (Å²) >= 11 is 0. The summed E-state index contributed by atoms with van der Waals surface area (Å²) in [5, 5.41) is 0. The van der Waals surface area contributed by atoms with Crippen LogP contribution in [0.25, 0.3) is 11.1 Å². The summed E-state index contributed by atoms with van der Waals surface area (Å²) in [6, 6.07) is 15.7. The molecular weight excluding hydrogens is 266 g/mol. The van der Waals surface area contributed by atoms with Crippen LogP contribution in [0.1, 0.15) is 37.0 Å². The summed E-state index contributed by atoms with van der Waals surface area (Å²) in [6.45, 7) is 9.70. The molecule has 2 N–H and O–H groups in total. The van der Waals surface area contributed by atoms with Crippen molar-refractivity contribution in [2.75, 3.05) is 6.54 Å². The molecule has 1 atom stereocenters. The third kappa shape index (κ3) is 4.20. The predicted octanol–water partition coefficient (Wildman–Crippen LogP) is 5.13. The monoisotopic (exact) mass is 295 g/mol. The normalized spacial score (nSPS) is 12.6. The summed E-state index contributed by atoms with van der Waals surface area (Å²) in [6.07, 6.45) is 2.23. The van der Waals surface area contributed by atoms with E-state index < -0.39 is 0 Å². The number of benzene rings is 2. The molecule has 0 heterocycles. The van der Waals surface area contributed by atoms with Crippen molar-refractivity contribution < 1.29 is 0 Å². The summed E-state index contributed by atoms with van der Waals surface area (Å²) < 4.78 is 0. The molecule has 0 saturated heterocycles. The highest BCUT2D eigenvalue weighted by atomic mass is 14.5. The Morgan fingerprint density at radius 1 is 0.864 bits per heavy atom. The van der Waals surface area contributed by atoms with Gasteiger partial charge in [-0.25, -0.2) is 0 Å². The van der Waals surface area contributed by atoms with Crippen LogP contribution in [0.3, 0.4) is 0 Å². The molecule has 0 fully saturated rings. The van der Waals surface area contributed by atoms with E-state index in [-0.39, 0.29) is 0 Å². The molecule has 1 heteroatoms. The Labute approximate surface area is 135 Å². The fraction of sp³-hybridized carbons (Fsp3) is 0.429. The third-order valence-electron chi connectivity index (χ3n) is 4.77. The van der Waals surface area contributed by atoms with Gasteiger partial charge in [-0.3, -0.25) is 0 Å². The van der Waals surface area contributed by atoms with Gasteiger partial charge < -0.3 is 5.73 Å². The van der Waals surface area contributed by atoms with E-state index in [2.05, 4.69) is 70.2 Å². The number of nitrogens with two attached hydrogens (primary N) is 1. The molecule has 0 amide bonds. The quantitative estimate of drug-likeness (QED) is 0.785. The molecule has 0 aliphatic rings. The smallest absolute Gasteiger partial charge is 0.00744 e. The number of aryl methyl sites for hydroxylation is 2. The molecular formula is C21H29N. The lowest BCUT2D eigenvalue weighted by Crippen LogP contribution is -2.16. The molecule has 0 aliphatic carbocycles. The minimum Gasteiger partial charge on any atom is -0.330 e. The van der Waals surface area contributed by atoms with Crippen molar-refractivity contribution in [2.24, 2.45) is 17.6 Å². The maximum absolute atomic E-state index is 5.75. The van der Waals surface area contributed by atoms with Crippen molar-refractivity contribution >= 4 is 0 Å². The summed E-state index contributed by atoms with van der Waals surface area (Å²) in [7, 11) is 0. The Hall–Kier alpha value is -1.60. The molecule has 0 bridgehead atoms. The zero-order chi connectivity index (χ0) is 16.1. The maximum atomic E-state index is 5.75. The highest BCUT2D eigenvalue weighted by Gasteiger charge is 2.13. The molecule has 0 radical (unpaired) electrons. The molecule has 2 rings (SSSR count). The summed E-state index contributed by atoms with van der Waals surface area (Å²) in [4.78, 5) is 0. The van der Waals surface area contributed by atoms with E-state index in [0.29, 0.717) is 11.8 Å². The van der Waals surface area contributed by atoms with Crippen molar-refractivity contribution in [3.63, 3.8) is 0 Å². The van der Waals surface area contributed by atoms with E-state index >= 15 is 0 Å². The second-order valence-corrected chi connectivity index (χ2v) is 6.78. The molecule has 0 aliphatic heterocycles. The van der Waals surface area contributed by atoms with Gasteiger partial charge in [0, 0.05) is 0 Å². The van der Waals surface area contributed by atoms with Crippen molar-refractivity contribution in [3.05, 3.63) is 59.2 Å². The van der Waals surface area contributed by atoms with E-state index in [9.17, 15) is 0 Å². The van der Waals surface area contributed by atoms with Crippen molar-refractivity contribution in [1.82, 2.24) is 0 Å². The van der Waals surface area contributed by atoms with Crippen LogP contribution in [0.5, 0.6) is 0 Å². The first-order valence-corrected chi connectivity index (χ1v) is 8.38.